The van der Waals surface area contributed by atoms with Crippen LogP contribution in [0.5, 0.6) is 0 Å². The highest BCUT2D eigenvalue weighted by Crippen LogP contribution is 1.87. The number of hydrogen-bond donors (Lipinski definition) is 2. The summed E-state index contributed by atoms with van der Waals surface area (Å²) in [5.74, 6) is 0. The Kier molecular flexibility index (Phi) is 1.62. The number of aliphatic hydroxyl groups is 1. The Morgan fingerprint density at radius 3 is 2.17 bits per heavy atom. The van der Waals surface area contributed by atoms with Crippen molar-refractivity contribution in [3.63, 3.8) is 0 Å². The van der Waals surface area contributed by atoms with E-state index in [0.29, 0.717) is 0 Å². The van der Waals surface area contributed by atoms with E-state index in [-0.39, 0.29) is 6.54 Å². The molecule has 34 valence electrons. The van der Waals surface area contributed by atoms with E-state index in [9.17, 15) is 0 Å². The van der Waals surface area contributed by atoms with E-state index in [0.717, 1.165) is 0 Å². The molecule has 0 aliphatic rings. The first kappa shape index (κ1) is 5.98. The Morgan fingerprint density at radius 2 is 2.17 bits per heavy atom. The van der Waals surface area contributed by atoms with E-state index >= 15 is 0 Å². The lowest BCUT2D eigenvalue weighted by Crippen LogP contribution is -2.34. The number of rotatable bonds is 1. The standard InChI is InChI=1S/C3H8BNO/c1-3(4,6)2-5/h6H,2,5H2,1H3. The van der Waals surface area contributed by atoms with Crippen LogP contribution in [0, 0.1) is 0 Å². The fourth-order valence-corrected chi connectivity index (χ4v) is 0. The van der Waals surface area contributed by atoms with Gasteiger partial charge in [0.1, 0.15) is 7.85 Å². The van der Waals surface area contributed by atoms with E-state index in [1.807, 2.05) is 0 Å². The van der Waals surface area contributed by atoms with E-state index in [2.05, 4.69) is 0 Å². The summed E-state index contributed by atoms with van der Waals surface area (Å²) in [5, 5.41) is 8.48. The number of nitrogens with two attached hydrogens (primary N) is 1. The Bertz CT molecular complexity index is 40.5. The molecule has 2 radical (unpaired) electrons. The maximum atomic E-state index is 8.48. The fourth-order valence-electron chi connectivity index (χ4n) is 0. The summed E-state index contributed by atoms with van der Waals surface area (Å²) in [4.78, 5) is 0. The molecular formula is C3H8BNO. The minimum absolute atomic E-state index is 0.104. The molecule has 0 heterocycles. The van der Waals surface area contributed by atoms with Crippen molar-refractivity contribution < 1.29 is 5.11 Å². The second-order valence-corrected chi connectivity index (χ2v) is 1.56. The molecular weight excluding hydrogens is 76.9 g/mol. The lowest BCUT2D eigenvalue weighted by atomic mass is 9.84. The largest absolute Gasteiger partial charge is 0.399 e. The third kappa shape index (κ3) is 3.98. The molecule has 0 bridgehead atoms. The summed E-state index contributed by atoms with van der Waals surface area (Å²) in [5.41, 5.74) is 3.75. The van der Waals surface area contributed by atoms with Crippen LogP contribution < -0.4 is 5.73 Å². The van der Waals surface area contributed by atoms with E-state index in [4.69, 9.17) is 18.7 Å². The van der Waals surface area contributed by atoms with Crippen LogP contribution in [-0.2, 0) is 0 Å². The van der Waals surface area contributed by atoms with Crippen LogP contribution in [0.1, 0.15) is 6.92 Å². The molecule has 0 aromatic heterocycles. The molecule has 6 heavy (non-hydrogen) atoms. The van der Waals surface area contributed by atoms with Gasteiger partial charge in [-0.3, -0.25) is 0 Å². The predicted octanol–water partition coefficient (Wildman–Crippen LogP) is -1.18. The molecule has 0 aliphatic heterocycles. The first-order valence-corrected chi connectivity index (χ1v) is 1.77. The van der Waals surface area contributed by atoms with E-state index in [1.54, 1.807) is 0 Å². The van der Waals surface area contributed by atoms with Gasteiger partial charge >= 0.3 is 0 Å². The molecule has 2 nitrogen and oxygen atoms in total. The van der Waals surface area contributed by atoms with E-state index in [1.165, 1.54) is 6.92 Å². The van der Waals surface area contributed by atoms with Crippen molar-refractivity contribution in [3.05, 3.63) is 0 Å². The summed E-state index contributed by atoms with van der Waals surface area (Å²) in [6.45, 7) is 1.56. The van der Waals surface area contributed by atoms with Gasteiger partial charge in [-0.25, -0.2) is 0 Å². The van der Waals surface area contributed by atoms with Crippen LogP contribution >= 0.6 is 0 Å². The summed E-state index contributed by atoms with van der Waals surface area (Å²) in [7, 11) is 4.97. The third-order valence-corrected chi connectivity index (χ3v) is 0.413. The molecule has 0 aromatic rings. The van der Waals surface area contributed by atoms with Gasteiger partial charge in [0.05, 0.1) is 0 Å². The molecule has 0 fully saturated rings. The van der Waals surface area contributed by atoms with Crippen LogP contribution in [0.2, 0.25) is 0 Å². The summed E-state index contributed by atoms with van der Waals surface area (Å²) < 4.78 is 0. The second kappa shape index (κ2) is 1.62. The molecule has 3 N–H and O–H groups in total. The van der Waals surface area contributed by atoms with Gasteiger partial charge in [0, 0.05) is 12.0 Å². The quantitative estimate of drug-likeness (QED) is 0.394. The highest BCUT2D eigenvalue weighted by molar-refractivity contribution is 6.14. The zero-order valence-electron chi connectivity index (χ0n) is 3.81. The smallest absolute Gasteiger partial charge is 0.114 e. The fraction of sp³-hybridized carbons (Fsp3) is 1.00. The van der Waals surface area contributed by atoms with Crippen LogP contribution in [0.4, 0.5) is 0 Å². The van der Waals surface area contributed by atoms with Gasteiger partial charge in [0.15, 0.2) is 0 Å². The molecule has 3 heteroatoms. The molecule has 1 unspecified atom stereocenters. The van der Waals surface area contributed by atoms with Gasteiger partial charge in [-0.1, -0.05) is 0 Å². The average molecular weight is 84.9 g/mol. The summed E-state index contributed by atoms with van der Waals surface area (Å²) >= 11 is 0. The minimum atomic E-state index is -1.18. The first-order chi connectivity index (χ1) is 2.56. The molecule has 1 atom stereocenters. The van der Waals surface area contributed by atoms with Crippen molar-refractivity contribution >= 4 is 7.85 Å². The molecule has 0 rings (SSSR count). The molecule has 0 saturated heterocycles. The van der Waals surface area contributed by atoms with Crippen molar-refractivity contribution in [1.29, 1.82) is 0 Å². The normalized spacial score (nSPS) is 19.8. The molecule has 0 aliphatic carbocycles. The Balaban J connectivity index is 3.17. The Hall–Kier alpha value is -0.0151. The van der Waals surface area contributed by atoms with Gasteiger partial charge in [-0.15, -0.1) is 0 Å². The predicted molar refractivity (Wildman–Crippen MR) is 25.4 cm³/mol. The van der Waals surface area contributed by atoms with Gasteiger partial charge in [-0.2, -0.15) is 0 Å². The van der Waals surface area contributed by atoms with Gasteiger partial charge in [0.2, 0.25) is 0 Å². The van der Waals surface area contributed by atoms with Gasteiger partial charge < -0.3 is 10.8 Å². The van der Waals surface area contributed by atoms with Crippen LogP contribution in [0.25, 0.3) is 0 Å². The summed E-state index contributed by atoms with van der Waals surface area (Å²) in [6, 6.07) is 0. The number of hydrogen-bond acceptors (Lipinski definition) is 2. The molecule has 0 spiro atoms. The average Bonchev–Trinajstić information content (AvgIpc) is 1.35. The SMILES string of the molecule is [B]C(C)(O)CN. The minimum Gasteiger partial charge on any atom is -0.399 e. The Morgan fingerprint density at radius 1 is 2.00 bits per heavy atom. The van der Waals surface area contributed by atoms with Gasteiger partial charge in [0.25, 0.3) is 0 Å². The van der Waals surface area contributed by atoms with Crippen LogP contribution in [-0.4, -0.2) is 25.0 Å². The molecule has 0 amide bonds. The lowest BCUT2D eigenvalue weighted by molar-refractivity contribution is 0.157. The topological polar surface area (TPSA) is 46.2 Å². The first-order valence-electron chi connectivity index (χ1n) is 1.77. The van der Waals surface area contributed by atoms with Crippen molar-refractivity contribution in [2.24, 2.45) is 5.73 Å². The van der Waals surface area contributed by atoms with Crippen molar-refractivity contribution in [2.75, 3.05) is 6.54 Å². The van der Waals surface area contributed by atoms with Crippen molar-refractivity contribution in [3.8, 4) is 0 Å². The maximum absolute atomic E-state index is 8.48. The highest BCUT2D eigenvalue weighted by Gasteiger charge is 2.05. The maximum Gasteiger partial charge on any atom is 0.114 e. The second-order valence-electron chi connectivity index (χ2n) is 1.56. The van der Waals surface area contributed by atoms with Crippen LogP contribution in [0.3, 0.4) is 0 Å². The third-order valence-electron chi connectivity index (χ3n) is 0.413. The summed E-state index contributed by atoms with van der Waals surface area (Å²) in [6.07, 6.45) is 0. The van der Waals surface area contributed by atoms with Crippen molar-refractivity contribution in [1.82, 2.24) is 0 Å². The lowest BCUT2D eigenvalue weighted by Gasteiger charge is -2.12. The zero-order chi connectivity index (χ0) is 5.21. The van der Waals surface area contributed by atoms with Crippen LogP contribution in [0.15, 0.2) is 0 Å². The Labute approximate surface area is 38.8 Å². The zero-order valence-corrected chi connectivity index (χ0v) is 3.81. The van der Waals surface area contributed by atoms with Gasteiger partial charge in [-0.05, 0) is 6.92 Å². The molecule has 0 aromatic carbocycles. The van der Waals surface area contributed by atoms with Crippen molar-refractivity contribution in [2.45, 2.75) is 12.4 Å². The highest BCUT2D eigenvalue weighted by atomic mass is 16.3. The monoisotopic (exact) mass is 85.1 g/mol. The van der Waals surface area contributed by atoms with E-state index < -0.39 is 5.50 Å². The molecule has 0 saturated carbocycles.